The van der Waals surface area contributed by atoms with E-state index in [1.165, 1.54) is 0 Å². The smallest absolute Gasteiger partial charge is 0.417 e. The molecule has 0 saturated carbocycles. The third kappa shape index (κ3) is 5.07. The molecule has 4 aromatic rings. The number of hydrogen-bond donors (Lipinski definition) is 1. The van der Waals surface area contributed by atoms with E-state index < -0.39 is 46.2 Å². The average molecular weight is 663 g/mol. The Morgan fingerprint density at radius 3 is 2.76 bits per heavy atom. The summed E-state index contributed by atoms with van der Waals surface area (Å²) in [5.41, 5.74) is 2.07. The number of nitriles is 1. The average Bonchev–Trinajstić information content (AvgIpc) is 3.56. The molecular weight excluding hydrogens is 634 g/mol. The number of rotatable bonds is 5. The summed E-state index contributed by atoms with van der Waals surface area (Å²) >= 11 is 0.695. The van der Waals surface area contributed by atoms with Crippen molar-refractivity contribution in [2.24, 2.45) is 0 Å². The molecule has 3 saturated heterocycles. The summed E-state index contributed by atoms with van der Waals surface area (Å²) in [7, 11) is 0. The van der Waals surface area contributed by atoms with Gasteiger partial charge in [-0.25, -0.2) is 13.2 Å². The van der Waals surface area contributed by atoms with E-state index in [0.717, 1.165) is 24.6 Å². The van der Waals surface area contributed by atoms with Gasteiger partial charge in [0.1, 0.15) is 41.0 Å². The van der Waals surface area contributed by atoms with Crippen molar-refractivity contribution >= 4 is 43.1 Å². The van der Waals surface area contributed by atoms with E-state index >= 15 is 4.39 Å². The Balaban J connectivity index is 1.46. The molecule has 2 aromatic heterocycles. The standard InChI is InChI=1S/C31H28F6N6O2S/c32-16-12-30(5-1-7-43(30)14-16)15-45-29-40-25-18(28(41-29)42-6-2-9-44-10-8-42)11-20(31(35,36)37)23(24(25)34)17-3-4-21(33)26-22(17)19(13-38)27(39)46-26/h3-4,11,16H,1-2,5-10,12,14-15,39H2. The van der Waals surface area contributed by atoms with Crippen molar-refractivity contribution in [3.63, 3.8) is 0 Å². The van der Waals surface area contributed by atoms with Crippen molar-refractivity contribution in [2.45, 2.75) is 43.6 Å². The Morgan fingerprint density at radius 1 is 1.15 bits per heavy atom. The van der Waals surface area contributed by atoms with Gasteiger partial charge in [0.25, 0.3) is 0 Å². The highest BCUT2D eigenvalue weighted by molar-refractivity contribution is 7.23. The number of halogens is 6. The molecule has 0 amide bonds. The Labute approximate surface area is 263 Å². The van der Waals surface area contributed by atoms with Crippen molar-refractivity contribution in [1.29, 1.82) is 5.26 Å². The summed E-state index contributed by atoms with van der Waals surface area (Å²) in [6.45, 7) is 2.37. The van der Waals surface area contributed by atoms with E-state index in [-0.39, 0.29) is 76.2 Å². The van der Waals surface area contributed by atoms with Crippen LogP contribution in [-0.4, -0.2) is 72.6 Å². The van der Waals surface area contributed by atoms with Crippen LogP contribution in [0.2, 0.25) is 0 Å². The minimum absolute atomic E-state index is 0.0227. The Hall–Kier alpha value is -3.87. The van der Waals surface area contributed by atoms with Crippen molar-refractivity contribution in [3.8, 4) is 23.2 Å². The highest BCUT2D eigenvalue weighted by Gasteiger charge is 2.49. The molecule has 3 aliphatic heterocycles. The van der Waals surface area contributed by atoms with E-state index in [0.29, 0.717) is 43.9 Å². The van der Waals surface area contributed by atoms with Gasteiger partial charge in [-0.05, 0) is 43.5 Å². The Morgan fingerprint density at radius 2 is 1.98 bits per heavy atom. The van der Waals surface area contributed by atoms with Crippen molar-refractivity contribution in [1.82, 2.24) is 14.9 Å². The van der Waals surface area contributed by atoms with Gasteiger partial charge in [0.2, 0.25) is 0 Å². The summed E-state index contributed by atoms with van der Waals surface area (Å²) in [6.07, 6.45) is -3.73. The number of ether oxygens (including phenoxy) is 2. The highest BCUT2D eigenvalue weighted by Crippen LogP contribution is 2.48. The van der Waals surface area contributed by atoms with Gasteiger partial charge in [0.05, 0.1) is 28.0 Å². The number of fused-ring (bicyclic) bond motifs is 3. The summed E-state index contributed by atoms with van der Waals surface area (Å²) in [5, 5.41) is 9.25. The third-order valence-corrected chi connectivity index (χ3v) is 10.2. The van der Waals surface area contributed by atoms with Crippen LogP contribution in [0.3, 0.4) is 0 Å². The highest BCUT2D eigenvalue weighted by atomic mass is 32.1. The first-order valence-electron chi connectivity index (χ1n) is 14.9. The van der Waals surface area contributed by atoms with Gasteiger partial charge in [-0.2, -0.15) is 28.4 Å². The van der Waals surface area contributed by atoms with Gasteiger partial charge in [0.15, 0.2) is 5.82 Å². The molecule has 0 aliphatic carbocycles. The number of alkyl halides is 4. The fourth-order valence-corrected chi connectivity index (χ4v) is 8.05. The van der Waals surface area contributed by atoms with Crippen LogP contribution in [0.5, 0.6) is 6.01 Å². The van der Waals surface area contributed by atoms with Gasteiger partial charge in [0, 0.05) is 49.0 Å². The largest absolute Gasteiger partial charge is 0.461 e. The molecule has 15 heteroatoms. The maximum Gasteiger partial charge on any atom is 0.417 e. The van der Waals surface area contributed by atoms with Crippen LogP contribution in [0.15, 0.2) is 18.2 Å². The molecule has 2 aromatic carbocycles. The van der Waals surface area contributed by atoms with Crippen LogP contribution < -0.4 is 15.4 Å². The van der Waals surface area contributed by atoms with Crippen LogP contribution in [0.25, 0.3) is 32.1 Å². The topological polar surface area (TPSA) is 101 Å². The molecule has 0 spiro atoms. The number of nitrogens with two attached hydrogens (primary N) is 1. The van der Waals surface area contributed by atoms with E-state index in [9.17, 15) is 27.2 Å². The number of nitrogens with zero attached hydrogens (tertiary/aromatic N) is 5. The molecule has 2 unspecified atom stereocenters. The second-order valence-corrected chi connectivity index (χ2v) is 13.0. The zero-order chi connectivity index (χ0) is 32.4. The summed E-state index contributed by atoms with van der Waals surface area (Å²) < 4.78 is 102. The predicted molar refractivity (Wildman–Crippen MR) is 161 cm³/mol. The van der Waals surface area contributed by atoms with E-state index in [2.05, 4.69) is 9.97 Å². The van der Waals surface area contributed by atoms with Crippen LogP contribution >= 0.6 is 11.3 Å². The lowest BCUT2D eigenvalue weighted by Gasteiger charge is -2.31. The zero-order valence-corrected chi connectivity index (χ0v) is 25.2. The van der Waals surface area contributed by atoms with Gasteiger partial charge < -0.3 is 20.1 Å². The van der Waals surface area contributed by atoms with E-state index in [4.69, 9.17) is 15.2 Å². The Kier molecular flexibility index (Phi) is 7.64. The van der Waals surface area contributed by atoms with Crippen LogP contribution in [0, 0.1) is 23.0 Å². The Bertz CT molecular complexity index is 1890. The van der Waals surface area contributed by atoms with Gasteiger partial charge in [-0.1, -0.05) is 6.07 Å². The van der Waals surface area contributed by atoms with Crippen molar-refractivity contribution in [2.75, 3.05) is 56.6 Å². The molecule has 2 atom stereocenters. The minimum Gasteiger partial charge on any atom is -0.461 e. The maximum atomic E-state index is 16.9. The van der Waals surface area contributed by atoms with Crippen LogP contribution in [-0.2, 0) is 10.9 Å². The second kappa shape index (κ2) is 11.4. The molecule has 46 heavy (non-hydrogen) atoms. The zero-order valence-electron chi connectivity index (χ0n) is 24.4. The quantitative estimate of drug-likeness (QED) is 0.244. The first-order valence-corrected chi connectivity index (χ1v) is 15.7. The second-order valence-electron chi connectivity index (χ2n) is 11.9. The number of benzene rings is 2. The van der Waals surface area contributed by atoms with E-state index in [1.54, 1.807) is 4.90 Å². The number of anilines is 2. The minimum atomic E-state index is -5.07. The molecule has 7 rings (SSSR count). The fraction of sp³-hybridized carbons (Fsp3) is 0.452. The lowest BCUT2D eigenvalue weighted by molar-refractivity contribution is -0.137. The first kappa shape index (κ1) is 30.8. The molecule has 3 fully saturated rings. The molecule has 3 aliphatic rings. The third-order valence-electron chi connectivity index (χ3n) is 9.15. The van der Waals surface area contributed by atoms with E-state index in [1.807, 2.05) is 11.0 Å². The number of aromatic nitrogens is 2. The summed E-state index contributed by atoms with van der Waals surface area (Å²) in [6, 6.07) is 4.28. The molecule has 242 valence electrons. The molecule has 0 radical (unpaired) electrons. The van der Waals surface area contributed by atoms with Gasteiger partial charge >= 0.3 is 12.2 Å². The summed E-state index contributed by atoms with van der Waals surface area (Å²) in [4.78, 5) is 12.5. The van der Waals surface area contributed by atoms with Gasteiger partial charge in [-0.3, -0.25) is 4.90 Å². The monoisotopic (exact) mass is 662 g/mol. The molecule has 8 nitrogen and oxygen atoms in total. The normalized spacial score (nSPS) is 22.4. The first-order chi connectivity index (χ1) is 22.0. The number of hydrogen-bond acceptors (Lipinski definition) is 9. The molecular formula is C31H28F6N6O2S. The predicted octanol–water partition coefficient (Wildman–Crippen LogP) is 6.44. The maximum absolute atomic E-state index is 16.9. The molecule has 2 N–H and O–H groups in total. The van der Waals surface area contributed by atoms with Crippen LogP contribution in [0.1, 0.15) is 36.8 Å². The van der Waals surface area contributed by atoms with Crippen molar-refractivity contribution < 1.29 is 35.8 Å². The lowest BCUT2D eigenvalue weighted by atomic mass is 9.92. The van der Waals surface area contributed by atoms with Gasteiger partial charge in [-0.15, -0.1) is 11.3 Å². The number of thiophene rings is 1. The fourth-order valence-electron chi connectivity index (χ4n) is 7.10. The molecule has 5 heterocycles. The lowest BCUT2D eigenvalue weighted by Crippen LogP contribution is -2.43. The van der Waals surface area contributed by atoms with Crippen molar-refractivity contribution in [3.05, 3.63) is 41.0 Å². The number of nitrogen functional groups attached to an aromatic ring is 1. The summed E-state index contributed by atoms with van der Waals surface area (Å²) in [5.74, 6) is -2.10. The SMILES string of the molecule is N#Cc1c(N)sc2c(F)ccc(-c3c(C(F)(F)F)cc4c(N5CCCOCC5)nc(OCC56CCCN5CC(F)C6)nc4c3F)c12. The molecule has 0 bridgehead atoms. The van der Waals surface area contributed by atoms with Crippen LogP contribution in [0.4, 0.5) is 37.2 Å².